The van der Waals surface area contributed by atoms with Crippen LogP contribution in [-0.2, 0) is 0 Å². The van der Waals surface area contributed by atoms with Gasteiger partial charge in [0.05, 0.1) is 5.84 Å². The molecule has 0 radical (unpaired) electrons. The molecule has 1 aromatic heterocycles. The molecule has 0 spiro atoms. The average Bonchev–Trinajstić information content (AvgIpc) is 3.10. The summed E-state index contributed by atoms with van der Waals surface area (Å²) in [6.07, 6.45) is 3.84. The fourth-order valence-corrected chi connectivity index (χ4v) is 2.93. The van der Waals surface area contributed by atoms with Crippen LogP contribution >= 0.6 is 0 Å². The van der Waals surface area contributed by atoms with Crippen LogP contribution in [0.15, 0.2) is 34.1 Å². The Morgan fingerprint density at radius 2 is 2.04 bits per heavy atom. The largest absolute Gasteiger partial charge is 0.617 e. The van der Waals surface area contributed by atoms with Gasteiger partial charge in [-0.1, -0.05) is 12.1 Å². The number of aromatic nitrogens is 2. The summed E-state index contributed by atoms with van der Waals surface area (Å²) in [5.74, 6) is 1.38. The van der Waals surface area contributed by atoms with Gasteiger partial charge in [-0.3, -0.25) is 9.79 Å². The van der Waals surface area contributed by atoms with Crippen LogP contribution in [-0.4, -0.2) is 40.3 Å². The second-order valence-corrected chi connectivity index (χ2v) is 5.60. The molecule has 1 aromatic carbocycles. The Morgan fingerprint density at radius 3 is 2.79 bits per heavy atom. The minimum absolute atomic E-state index is 0.0659. The van der Waals surface area contributed by atoms with Crippen LogP contribution in [0.2, 0.25) is 0 Å². The van der Waals surface area contributed by atoms with Crippen LogP contribution in [0.25, 0.3) is 11.0 Å². The lowest BCUT2D eigenvalue weighted by molar-refractivity contribution is -0.581. The second kappa shape index (κ2) is 6.58. The summed E-state index contributed by atoms with van der Waals surface area (Å²) in [6, 6.07) is 7.42. The molecule has 0 atom stereocenters. The number of fused-ring (bicyclic) bond motifs is 2. The van der Waals surface area contributed by atoms with E-state index in [1.54, 1.807) is 12.1 Å². The van der Waals surface area contributed by atoms with Gasteiger partial charge in [0.25, 0.3) is 0 Å². The Hall–Kier alpha value is -3.08. The molecule has 2 aromatic rings. The molecule has 4 rings (SSSR count). The highest BCUT2D eigenvalue weighted by Crippen LogP contribution is 2.14. The number of hydrogen-bond acceptors (Lipinski definition) is 6. The number of nitrogens with zero attached hydrogens (tertiary/aromatic N) is 5. The Morgan fingerprint density at radius 1 is 1.29 bits per heavy atom. The Balaban J connectivity index is 0.000000159. The van der Waals surface area contributed by atoms with E-state index in [0.29, 0.717) is 4.73 Å². The van der Waals surface area contributed by atoms with Crippen molar-refractivity contribution in [3.63, 3.8) is 0 Å². The number of benzene rings is 1. The number of hydrogen-bond donors (Lipinski definition) is 1. The summed E-state index contributed by atoms with van der Waals surface area (Å²) >= 11 is 0. The quantitative estimate of drug-likeness (QED) is 0.434. The minimum Gasteiger partial charge on any atom is -0.617 e. The SMILES string of the molecule is C1CN=C2CCCN2C1.N#Cc1c(=O)n(O)c2ccccc2[n+]1[O-]. The minimum atomic E-state index is -1.02. The van der Waals surface area contributed by atoms with E-state index in [1.807, 2.05) is 0 Å². The molecule has 8 heteroatoms. The van der Waals surface area contributed by atoms with Gasteiger partial charge in [-0.15, -0.1) is 9.46 Å². The first-order valence-corrected chi connectivity index (χ1v) is 7.78. The third-order valence-electron chi connectivity index (χ3n) is 4.11. The van der Waals surface area contributed by atoms with Gasteiger partial charge in [-0.2, -0.15) is 5.26 Å². The molecule has 3 heterocycles. The van der Waals surface area contributed by atoms with Gasteiger partial charge in [-0.25, -0.2) is 0 Å². The molecular formula is C16H17N5O3. The highest BCUT2D eigenvalue weighted by Gasteiger charge is 2.20. The summed E-state index contributed by atoms with van der Waals surface area (Å²) in [4.78, 5) is 18.2. The van der Waals surface area contributed by atoms with Crippen LogP contribution in [0.4, 0.5) is 0 Å². The lowest BCUT2D eigenvalue weighted by Gasteiger charge is -2.21. The summed E-state index contributed by atoms with van der Waals surface area (Å²) < 4.78 is 0.507. The van der Waals surface area contributed by atoms with E-state index in [0.717, 1.165) is 6.54 Å². The van der Waals surface area contributed by atoms with Crippen molar-refractivity contribution in [2.45, 2.75) is 19.3 Å². The fourth-order valence-electron chi connectivity index (χ4n) is 2.93. The molecule has 0 amide bonds. The van der Waals surface area contributed by atoms with Gasteiger partial charge in [0, 0.05) is 32.1 Å². The Kier molecular flexibility index (Phi) is 4.33. The number of amidine groups is 1. The first-order chi connectivity index (χ1) is 11.6. The molecule has 2 aliphatic rings. The van der Waals surface area contributed by atoms with Gasteiger partial charge in [-0.05, 0) is 18.9 Å². The van der Waals surface area contributed by atoms with Crippen LogP contribution in [0.3, 0.4) is 0 Å². The molecule has 0 saturated carbocycles. The van der Waals surface area contributed by atoms with Crippen molar-refractivity contribution >= 4 is 16.9 Å². The average molecular weight is 327 g/mol. The van der Waals surface area contributed by atoms with Crippen LogP contribution in [0.5, 0.6) is 0 Å². The van der Waals surface area contributed by atoms with Crippen molar-refractivity contribution in [1.29, 1.82) is 5.26 Å². The lowest BCUT2D eigenvalue weighted by atomic mass is 10.3. The topological polar surface area (TPSA) is 109 Å². The van der Waals surface area contributed by atoms with Gasteiger partial charge in [0.2, 0.25) is 5.52 Å². The van der Waals surface area contributed by atoms with Gasteiger partial charge in [0.15, 0.2) is 11.6 Å². The third kappa shape index (κ3) is 2.76. The number of rotatable bonds is 0. The second-order valence-electron chi connectivity index (χ2n) is 5.60. The van der Waals surface area contributed by atoms with E-state index in [2.05, 4.69) is 9.89 Å². The van der Waals surface area contributed by atoms with E-state index in [-0.39, 0.29) is 15.8 Å². The summed E-state index contributed by atoms with van der Waals surface area (Å²) in [5, 5.41) is 29.5. The smallest absolute Gasteiger partial charge is 0.368 e. The molecule has 1 fully saturated rings. The number of nitriles is 1. The lowest BCUT2D eigenvalue weighted by Crippen LogP contribution is -2.41. The molecular weight excluding hydrogens is 310 g/mol. The normalized spacial score (nSPS) is 16.0. The zero-order valence-corrected chi connectivity index (χ0v) is 13.1. The van der Waals surface area contributed by atoms with Gasteiger partial charge >= 0.3 is 11.3 Å². The van der Waals surface area contributed by atoms with Crippen molar-refractivity contribution in [3.8, 4) is 6.07 Å². The molecule has 1 N–H and O–H groups in total. The maximum atomic E-state index is 11.5. The predicted molar refractivity (Wildman–Crippen MR) is 86.8 cm³/mol. The predicted octanol–water partition coefficient (Wildman–Crippen LogP) is 0.628. The van der Waals surface area contributed by atoms with E-state index in [1.165, 1.54) is 56.4 Å². The van der Waals surface area contributed by atoms with Crippen molar-refractivity contribution in [1.82, 2.24) is 9.63 Å². The zero-order valence-electron chi connectivity index (χ0n) is 13.1. The maximum Gasteiger partial charge on any atom is 0.368 e. The standard InChI is InChI=1S/C9H5N3O3.C7H12N2/c10-5-8-9(13)12(15)7-4-2-1-3-6(7)11(8)14;1-3-7-8-4-2-6-9(7)5-1/h1-4,15H;1-6H2. The van der Waals surface area contributed by atoms with Crippen molar-refractivity contribution in [2.24, 2.45) is 4.99 Å². The molecule has 0 unspecified atom stereocenters. The van der Waals surface area contributed by atoms with Crippen molar-refractivity contribution in [3.05, 3.63) is 45.5 Å². The molecule has 124 valence electrons. The summed E-state index contributed by atoms with van der Waals surface area (Å²) in [7, 11) is 0. The van der Waals surface area contributed by atoms with Gasteiger partial charge < -0.3 is 15.3 Å². The third-order valence-corrected chi connectivity index (χ3v) is 4.11. The maximum absolute atomic E-state index is 11.5. The zero-order chi connectivity index (χ0) is 17.1. The number of aliphatic imine (C=N–C) groups is 1. The van der Waals surface area contributed by atoms with Crippen LogP contribution < -0.4 is 10.3 Å². The molecule has 24 heavy (non-hydrogen) atoms. The summed E-state index contributed by atoms with van der Waals surface area (Å²) in [6.45, 7) is 3.60. The molecule has 8 nitrogen and oxygen atoms in total. The van der Waals surface area contributed by atoms with E-state index < -0.39 is 11.3 Å². The molecule has 0 aliphatic carbocycles. The summed E-state index contributed by atoms with van der Waals surface area (Å²) in [5.41, 5.74) is -1.55. The first-order valence-electron chi connectivity index (χ1n) is 7.78. The molecule has 0 bridgehead atoms. The van der Waals surface area contributed by atoms with E-state index >= 15 is 0 Å². The van der Waals surface area contributed by atoms with Crippen LogP contribution in [0, 0.1) is 16.5 Å². The first kappa shape index (κ1) is 15.8. The monoisotopic (exact) mass is 327 g/mol. The molecule has 1 saturated heterocycles. The van der Waals surface area contributed by atoms with E-state index in [4.69, 9.17) is 5.26 Å². The van der Waals surface area contributed by atoms with Crippen LogP contribution in [0.1, 0.15) is 25.0 Å². The van der Waals surface area contributed by atoms with Crippen molar-refractivity contribution in [2.75, 3.05) is 19.6 Å². The molecule has 2 aliphatic heterocycles. The van der Waals surface area contributed by atoms with Gasteiger partial charge in [0.1, 0.15) is 0 Å². The highest BCUT2D eigenvalue weighted by atomic mass is 16.5. The highest BCUT2D eigenvalue weighted by molar-refractivity contribution is 5.84. The Labute approximate surface area is 138 Å². The van der Waals surface area contributed by atoms with Crippen molar-refractivity contribution < 1.29 is 9.94 Å². The Bertz CT molecular complexity index is 897. The fraction of sp³-hybridized carbons (Fsp3) is 0.375. The van der Waals surface area contributed by atoms with E-state index in [9.17, 15) is 15.2 Å². The number of para-hydroxylation sites is 2.